The van der Waals surface area contributed by atoms with Crippen molar-refractivity contribution in [3.63, 3.8) is 0 Å². The predicted octanol–water partition coefficient (Wildman–Crippen LogP) is 3.57. The zero-order valence-corrected chi connectivity index (χ0v) is 11.5. The van der Waals surface area contributed by atoms with Crippen molar-refractivity contribution in [2.75, 3.05) is 6.61 Å². The first-order valence-corrected chi connectivity index (χ1v) is 7.02. The average Bonchev–Trinajstić information content (AvgIpc) is 2.95. The van der Waals surface area contributed by atoms with E-state index in [0.29, 0.717) is 19.4 Å². The van der Waals surface area contributed by atoms with Crippen LogP contribution in [0.2, 0.25) is 0 Å². The monoisotopic (exact) mass is 290 g/mol. The number of aliphatic hydroxyl groups is 1. The van der Waals surface area contributed by atoms with Gasteiger partial charge in [-0.2, -0.15) is 0 Å². The maximum Gasteiger partial charge on any atom is 0.164 e. The van der Waals surface area contributed by atoms with Gasteiger partial charge in [0.15, 0.2) is 11.6 Å². The van der Waals surface area contributed by atoms with Gasteiger partial charge in [0.05, 0.1) is 12.7 Å². The van der Waals surface area contributed by atoms with E-state index in [2.05, 4.69) is 6.07 Å². The molecule has 0 saturated carbocycles. The molecule has 2 nitrogen and oxygen atoms in total. The van der Waals surface area contributed by atoms with E-state index in [1.807, 2.05) is 12.1 Å². The molecule has 1 N–H and O–H groups in total. The van der Waals surface area contributed by atoms with Crippen molar-refractivity contribution >= 4 is 0 Å². The summed E-state index contributed by atoms with van der Waals surface area (Å²) in [6, 6.07) is 9.79. The second-order valence-electron chi connectivity index (χ2n) is 5.24. The van der Waals surface area contributed by atoms with Gasteiger partial charge in [-0.1, -0.05) is 24.3 Å². The molecule has 110 valence electrons. The lowest BCUT2D eigenvalue weighted by atomic mass is 9.99. The molecule has 0 saturated heterocycles. The number of hydrogen-bond donors (Lipinski definition) is 1. The molecule has 1 heterocycles. The summed E-state index contributed by atoms with van der Waals surface area (Å²) in [6.07, 6.45) is 0.833. The average molecular weight is 290 g/mol. The number of benzene rings is 2. The summed E-state index contributed by atoms with van der Waals surface area (Å²) in [5.74, 6) is -0.982. The van der Waals surface area contributed by atoms with Crippen molar-refractivity contribution in [1.29, 1.82) is 0 Å². The van der Waals surface area contributed by atoms with Gasteiger partial charge in [-0.25, -0.2) is 8.78 Å². The molecule has 0 amide bonds. The number of aliphatic hydroxyl groups excluding tert-OH is 1. The molecule has 21 heavy (non-hydrogen) atoms. The summed E-state index contributed by atoms with van der Waals surface area (Å²) in [5.41, 5.74) is 2.24. The fourth-order valence-electron chi connectivity index (χ4n) is 2.63. The standard InChI is InChI=1S/C17H16F2O2/c18-14-3-1-2-13(17(14)19)15(20)6-4-11-5-7-16-12(10-11)8-9-21-16/h1-3,5,7,10,15,20H,4,6,8-9H2. The smallest absolute Gasteiger partial charge is 0.164 e. The molecular weight excluding hydrogens is 274 g/mol. The number of halogens is 2. The highest BCUT2D eigenvalue weighted by Gasteiger charge is 2.17. The zero-order chi connectivity index (χ0) is 14.8. The van der Waals surface area contributed by atoms with E-state index in [1.54, 1.807) is 0 Å². The minimum absolute atomic E-state index is 0.0134. The molecule has 1 atom stereocenters. The molecule has 0 aliphatic carbocycles. The molecule has 1 aliphatic rings. The Morgan fingerprint density at radius 1 is 1.19 bits per heavy atom. The van der Waals surface area contributed by atoms with E-state index in [9.17, 15) is 13.9 Å². The largest absolute Gasteiger partial charge is 0.493 e. The third-order valence-electron chi connectivity index (χ3n) is 3.80. The number of aryl methyl sites for hydroxylation is 1. The summed E-state index contributed by atoms with van der Waals surface area (Å²) in [5, 5.41) is 10.0. The summed E-state index contributed by atoms with van der Waals surface area (Å²) in [4.78, 5) is 0. The van der Waals surface area contributed by atoms with Crippen LogP contribution < -0.4 is 4.74 Å². The SMILES string of the molecule is OC(CCc1ccc2c(c1)CCO2)c1cccc(F)c1F. The van der Waals surface area contributed by atoms with Gasteiger partial charge in [0, 0.05) is 12.0 Å². The van der Waals surface area contributed by atoms with E-state index >= 15 is 0 Å². The van der Waals surface area contributed by atoms with Gasteiger partial charge in [-0.3, -0.25) is 0 Å². The third-order valence-corrected chi connectivity index (χ3v) is 3.80. The van der Waals surface area contributed by atoms with Crippen molar-refractivity contribution in [3.05, 3.63) is 64.7 Å². The van der Waals surface area contributed by atoms with E-state index in [4.69, 9.17) is 4.74 Å². The first-order valence-electron chi connectivity index (χ1n) is 7.02. The summed E-state index contributed by atoms with van der Waals surface area (Å²) in [6.45, 7) is 0.704. The maximum atomic E-state index is 13.6. The number of fused-ring (bicyclic) bond motifs is 1. The Hall–Kier alpha value is -1.94. The van der Waals surface area contributed by atoms with Crippen LogP contribution in [0.3, 0.4) is 0 Å². The van der Waals surface area contributed by atoms with Crippen molar-refractivity contribution in [1.82, 2.24) is 0 Å². The second kappa shape index (κ2) is 5.82. The van der Waals surface area contributed by atoms with Crippen LogP contribution in [0.15, 0.2) is 36.4 Å². The Morgan fingerprint density at radius 2 is 2.05 bits per heavy atom. The van der Waals surface area contributed by atoms with Crippen LogP contribution >= 0.6 is 0 Å². The van der Waals surface area contributed by atoms with Gasteiger partial charge in [0.1, 0.15) is 5.75 Å². The van der Waals surface area contributed by atoms with Gasteiger partial charge in [-0.05, 0) is 36.1 Å². The molecule has 0 radical (unpaired) electrons. The lowest BCUT2D eigenvalue weighted by Gasteiger charge is -2.12. The lowest BCUT2D eigenvalue weighted by molar-refractivity contribution is 0.162. The Kier molecular flexibility index (Phi) is 3.88. The third kappa shape index (κ3) is 2.90. The van der Waals surface area contributed by atoms with Gasteiger partial charge in [0.25, 0.3) is 0 Å². The molecule has 2 aromatic carbocycles. The van der Waals surface area contributed by atoms with Crippen LogP contribution in [-0.2, 0) is 12.8 Å². The molecule has 0 aromatic heterocycles. The normalized spacial score (nSPS) is 14.6. The minimum atomic E-state index is -1.01. The Bertz CT molecular complexity index is 655. The minimum Gasteiger partial charge on any atom is -0.493 e. The second-order valence-corrected chi connectivity index (χ2v) is 5.24. The predicted molar refractivity (Wildman–Crippen MR) is 75.3 cm³/mol. The summed E-state index contributed by atoms with van der Waals surface area (Å²) < 4.78 is 32.2. The molecule has 0 spiro atoms. The van der Waals surface area contributed by atoms with Crippen LogP contribution in [0.1, 0.15) is 29.2 Å². The first-order chi connectivity index (χ1) is 10.1. The number of ether oxygens (including phenoxy) is 1. The highest BCUT2D eigenvalue weighted by atomic mass is 19.2. The fraction of sp³-hybridized carbons (Fsp3) is 0.294. The van der Waals surface area contributed by atoms with Crippen molar-refractivity contribution in [2.45, 2.75) is 25.4 Å². The topological polar surface area (TPSA) is 29.5 Å². The van der Waals surface area contributed by atoms with Crippen LogP contribution in [-0.4, -0.2) is 11.7 Å². The van der Waals surface area contributed by atoms with Gasteiger partial charge in [0.2, 0.25) is 0 Å². The van der Waals surface area contributed by atoms with E-state index < -0.39 is 17.7 Å². The Balaban J connectivity index is 1.68. The van der Waals surface area contributed by atoms with Crippen LogP contribution in [0.4, 0.5) is 8.78 Å². The van der Waals surface area contributed by atoms with E-state index in [-0.39, 0.29) is 5.56 Å². The summed E-state index contributed by atoms with van der Waals surface area (Å²) >= 11 is 0. The molecule has 0 fully saturated rings. The number of rotatable bonds is 4. The highest BCUT2D eigenvalue weighted by molar-refractivity contribution is 5.39. The fourth-order valence-corrected chi connectivity index (χ4v) is 2.63. The highest BCUT2D eigenvalue weighted by Crippen LogP contribution is 2.28. The van der Waals surface area contributed by atoms with Gasteiger partial charge >= 0.3 is 0 Å². The molecule has 0 bridgehead atoms. The Labute approximate surface area is 122 Å². The molecule has 3 rings (SSSR count). The quantitative estimate of drug-likeness (QED) is 0.933. The van der Waals surface area contributed by atoms with Gasteiger partial charge in [-0.15, -0.1) is 0 Å². The molecule has 2 aromatic rings. The zero-order valence-electron chi connectivity index (χ0n) is 11.5. The summed E-state index contributed by atoms with van der Waals surface area (Å²) in [7, 11) is 0. The van der Waals surface area contributed by atoms with E-state index in [0.717, 1.165) is 23.8 Å². The van der Waals surface area contributed by atoms with E-state index in [1.165, 1.54) is 17.7 Å². The first kappa shape index (κ1) is 14.0. The van der Waals surface area contributed by atoms with Crippen molar-refractivity contribution in [2.24, 2.45) is 0 Å². The van der Waals surface area contributed by atoms with Crippen LogP contribution in [0.25, 0.3) is 0 Å². The molecular formula is C17H16F2O2. The van der Waals surface area contributed by atoms with Gasteiger partial charge < -0.3 is 9.84 Å². The van der Waals surface area contributed by atoms with Crippen LogP contribution in [0, 0.1) is 11.6 Å². The van der Waals surface area contributed by atoms with Crippen molar-refractivity contribution in [3.8, 4) is 5.75 Å². The molecule has 4 heteroatoms. The van der Waals surface area contributed by atoms with Crippen LogP contribution in [0.5, 0.6) is 5.75 Å². The Morgan fingerprint density at radius 3 is 2.90 bits per heavy atom. The molecule has 1 unspecified atom stereocenters. The lowest BCUT2D eigenvalue weighted by Crippen LogP contribution is -2.04. The maximum absolute atomic E-state index is 13.6. The molecule has 1 aliphatic heterocycles. The number of hydrogen-bond acceptors (Lipinski definition) is 2. The van der Waals surface area contributed by atoms with Crippen molar-refractivity contribution < 1.29 is 18.6 Å².